The Bertz CT molecular complexity index is 426. The predicted molar refractivity (Wildman–Crippen MR) is 76.1 cm³/mol. The fraction of sp³-hybridized carbons (Fsp3) is 0.571. The molecule has 0 N–H and O–H groups in total. The number of nitrogens with zero attached hydrogens (tertiary/aromatic N) is 1. The lowest BCUT2D eigenvalue weighted by Gasteiger charge is -2.29. The van der Waals surface area contributed by atoms with Crippen LogP contribution in [0.25, 0.3) is 0 Å². The maximum absolute atomic E-state index is 12.4. The van der Waals surface area contributed by atoms with Crippen LogP contribution in [0.4, 0.5) is 0 Å². The Balaban J connectivity index is 2.68. The number of ether oxygens (including phenoxy) is 1. The van der Waals surface area contributed by atoms with E-state index in [0.29, 0.717) is 13.1 Å². The van der Waals surface area contributed by atoms with Crippen LogP contribution >= 0.6 is 11.3 Å². The molecular formula is C14H21NO3S. The van der Waals surface area contributed by atoms with Gasteiger partial charge in [0, 0.05) is 13.1 Å². The maximum atomic E-state index is 12.4. The average Bonchev–Trinajstić information content (AvgIpc) is 2.91. The monoisotopic (exact) mass is 283 g/mol. The molecular weight excluding hydrogens is 262 g/mol. The standard InChI is InChI=1S/C14H21NO3S/c1-5-15(8-6-11-7-9-19-10-11)12(16)14(2,3)13(17)18-4/h7,9-10H,5-6,8H2,1-4H3. The molecule has 4 nitrogen and oxygen atoms in total. The summed E-state index contributed by atoms with van der Waals surface area (Å²) in [7, 11) is 1.30. The Morgan fingerprint density at radius 2 is 2.11 bits per heavy atom. The molecule has 106 valence electrons. The van der Waals surface area contributed by atoms with Crippen molar-refractivity contribution in [2.75, 3.05) is 20.2 Å². The third-order valence-electron chi connectivity index (χ3n) is 3.15. The summed E-state index contributed by atoms with van der Waals surface area (Å²) in [5, 5.41) is 4.09. The predicted octanol–water partition coefficient (Wildman–Crippen LogP) is 2.34. The van der Waals surface area contributed by atoms with Crippen LogP contribution in [0.15, 0.2) is 16.8 Å². The Hall–Kier alpha value is -1.36. The normalized spacial score (nSPS) is 11.2. The number of hydrogen-bond acceptors (Lipinski definition) is 4. The van der Waals surface area contributed by atoms with Gasteiger partial charge in [-0.05, 0) is 49.6 Å². The van der Waals surface area contributed by atoms with Crippen molar-refractivity contribution in [2.45, 2.75) is 27.2 Å². The number of hydrogen-bond donors (Lipinski definition) is 0. The van der Waals surface area contributed by atoms with E-state index in [-0.39, 0.29) is 5.91 Å². The number of rotatable bonds is 6. The van der Waals surface area contributed by atoms with E-state index >= 15 is 0 Å². The molecule has 0 aromatic carbocycles. The van der Waals surface area contributed by atoms with Gasteiger partial charge in [-0.25, -0.2) is 0 Å². The molecule has 0 fully saturated rings. The largest absolute Gasteiger partial charge is 0.468 e. The summed E-state index contributed by atoms with van der Waals surface area (Å²) in [6, 6.07) is 2.05. The molecule has 0 radical (unpaired) electrons. The van der Waals surface area contributed by atoms with E-state index < -0.39 is 11.4 Å². The summed E-state index contributed by atoms with van der Waals surface area (Å²) in [6.45, 7) is 6.33. The molecule has 1 aromatic heterocycles. The quantitative estimate of drug-likeness (QED) is 0.594. The van der Waals surface area contributed by atoms with Gasteiger partial charge in [0.15, 0.2) is 0 Å². The van der Waals surface area contributed by atoms with Crippen molar-refractivity contribution in [2.24, 2.45) is 5.41 Å². The molecule has 5 heteroatoms. The number of carbonyl (C=O) groups excluding carboxylic acids is 2. The molecule has 1 rings (SSSR count). The van der Waals surface area contributed by atoms with Gasteiger partial charge in [0.2, 0.25) is 5.91 Å². The average molecular weight is 283 g/mol. The lowest BCUT2D eigenvalue weighted by molar-refractivity contribution is -0.160. The highest BCUT2D eigenvalue weighted by Gasteiger charge is 2.39. The molecule has 0 atom stereocenters. The molecule has 0 spiro atoms. The maximum Gasteiger partial charge on any atom is 0.320 e. The first kappa shape index (κ1) is 15.7. The number of thiophene rings is 1. The molecule has 0 aliphatic rings. The van der Waals surface area contributed by atoms with E-state index in [9.17, 15) is 9.59 Å². The molecule has 0 unspecified atom stereocenters. The van der Waals surface area contributed by atoms with Gasteiger partial charge in [-0.15, -0.1) is 0 Å². The summed E-state index contributed by atoms with van der Waals surface area (Å²) >= 11 is 1.64. The fourth-order valence-electron chi connectivity index (χ4n) is 1.84. The van der Waals surface area contributed by atoms with Crippen molar-refractivity contribution in [3.8, 4) is 0 Å². The van der Waals surface area contributed by atoms with Crippen LogP contribution in [-0.4, -0.2) is 37.0 Å². The van der Waals surface area contributed by atoms with Crippen LogP contribution in [0.5, 0.6) is 0 Å². The number of likely N-dealkylation sites (N-methyl/N-ethyl adjacent to an activating group) is 1. The molecule has 0 saturated carbocycles. The lowest BCUT2D eigenvalue weighted by atomic mass is 9.91. The van der Waals surface area contributed by atoms with Crippen molar-refractivity contribution in [1.29, 1.82) is 0 Å². The topological polar surface area (TPSA) is 46.6 Å². The van der Waals surface area contributed by atoms with E-state index in [1.54, 1.807) is 30.1 Å². The zero-order chi connectivity index (χ0) is 14.5. The summed E-state index contributed by atoms with van der Waals surface area (Å²) in [6.07, 6.45) is 0.806. The van der Waals surface area contributed by atoms with Gasteiger partial charge in [-0.1, -0.05) is 0 Å². The third-order valence-corrected chi connectivity index (χ3v) is 3.88. The van der Waals surface area contributed by atoms with Crippen LogP contribution in [0.1, 0.15) is 26.3 Å². The first-order valence-electron chi connectivity index (χ1n) is 6.32. The van der Waals surface area contributed by atoms with Crippen LogP contribution in [0, 0.1) is 5.41 Å². The van der Waals surface area contributed by atoms with Crippen molar-refractivity contribution in [3.63, 3.8) is 0 Å². The van der Waals surface area contributed by atoms with Crippen LogP contribution in [0.3, 0.4) is 0 Å². The summed E-state index contributed by atoms with van der Waals surface area (Å²) in [5.74, 6) is -0.677. The molecule has 1 amide bonds. The van der Waals surface area contributed by atoms with Gasteiger partial charge in [0.05, 0.1) is 7.11 Å². The molecule has 0 aliphatic heterocycles. The summed E-state index contributed by atoms with van der Waals surface area (Å²) in [4.78, 5) is 25.7. The van der Waals surface area contributed by atoms with E-state index in [4.69, 9.17) is 4.74 Å². The number of amides is 1. The van der Waals surface area contributed by atoms with Crippen LogP contribution < -0.4 is 0 Å². The highest BCUT2D eigenvalue weighted by molar-refractivity contribution is 7.07. The van der Waals surface area contributed by atoms with E-state index in [0.717, 1.165) is 6.42 Å². The molecule has 0 saturated heterocycles. The highest BCUT2D eigenvalue weighted by Crippen LogP contribution is 2.21. The van der Waals surface area contributed by atoms with Gasteiger partial charge in [0.1, 0.15) is 5.41 Å². The van der Waals surface area contributed by atoms with Crippen molar-refractivity contribution in [3.05, 3.63) is 22.4 Å². The zero-order valence-corrected chi connectivity index (χ0v) is 12.8. The Kier molecular flexibility index (Phi) is 5.54. The molecule has 1 aromatic rings. The Morgan fingerprint density at radius 1 is 1.42 bits per heavy atom. The van der Waals surface area contributed by atoms with Gasteiger partial charge in [-0.2, -0.15) is 11.3 Å². The summed E-state index contributed by atoms with van der Waals surface area (Å²) in [5.41, 5.74) is 0.0893. The lowest BCUT2D eigenvalue weighted by Crippen LogP contribution is -2.46. The second-order valence-electron chi connectivity index (χ2n) is 4.88. The second-order valence-corrected chi connectivity index (χ2v) is 5.66. The van der Waals surface area contributed by atoms with Crippen molar-refractivity contribution in [1.82, 2.24) is 4.90 Å². The minimum atomic E-state index is -1.13. The SMILES string of the molecule is CCN(CCc1ccsc1)C(=O)C(C)(C)C(=O)OC. The highest BCUT2D eigenvalue weighted by atomic mass is 32.1. The molecule has 19 heavy (non-hydrogen) atoms. The molecule has 0 aliphatic carbocycles. The van der Waals surface area contributed by atoms with Gasteiger partial charge >= 0.3 is 5.97 Å². The van der Waals surface area contributed by atoms with Crippen LogP contribution in [-0.2, 0) is 20.7 Å². The van der Waals surface area contributed by atoms with Gasteiger partial charge < -0.3 is 9.64 Å². The zero-order valence-electron chi connectivity index (χ0n) is 11.9. The minimum absolute atomic E-state index is 0.183. The smallest absolute Gasteiger partial charge is 0.320 e. The summed E-state index contributed by atoms with van der Waals surface area (Å²) < 4.78 is 4.70. The first-order chi connectivity index (χ1) is 8.93. The number of carbonyl (C=O) groups is 2. The van der Waals surface area contributed by atoms with Crippen LogP contribution in [0.2, 0.25) is 0 Å². The van der Waals surface area contributed by atoms with E-state index in [2.05, 4.69) is 11.4 Å². The number of esters is 1. The Labute approximate surface area is 118 Å². The van der Waals surface area contributed by atoms with Gasteiger partial charge in [-0.3, -0.25) is 9.59 Å². The third kappa shape index (κ3) is 3.80. The van der Waals surface area contributed by atoms with Crippen molar-refractivity contribution >= 4 is 23.2 Å². The van der Waals surface area contributed by atoms with E-state index in [1.807, 2.05) is 12.3 Å². The second kappa shape index (κ2) is 6.70. The Morgan fingerprint density at radius 3 is 2.58 bits per heavy atom. The minimum Gasteiger partial charge on any atom is -0.468 e. The first-order valence-corrected chi connectivity index (χ1v) is 7.26. The molecule has 0 bridgehead atoms. The number of methoxy groups -OCH3 is 1. The van der Waals surface area contributed by atoms with E-state index in [1.165, 1.54) is 12.7 Å². The molecule has 1 heterocycles. The fourth-order valence-corrected chi connectivity index (χ4v) is 2.54. The van der Waals surface area contributed by atoms with Gasteiger partial charge in [0.25, 0.3) is 0 Å². The van der Waals surface area contributed by atoms with Crippen molar-refractivity contribution < 1.29 is 14.3 Å².